The first-order valence-corrected chi connectivity index (χ1v) is 10.8. The molecule has 1 aromatic heterocycles. The first-order chi connectivity index (χ1) is 16.8. The van der Waals surface area contributed by atoms with Crippen molar-refractivity contribution in [3.63, 3.8) is 0 Å². The van der Waals surface area contributed by atoms with Crippen molar-refractivity contribution < 1.29 is 43.3 Å². The van der Waals surface area contributed by atoms with Crippen LogP contribution in [0.1, 0.15) is 11.1 Å². The molecule has 1 aliphatic carbocycles. The van der Waals surface area contributed by atoms with Crippen molar-refractivity contribution in [3.05, 3.63) is 51.4 Å². The average molecular weight is 479 g/mol. The molecule has 11 heteroatoms. The van der Waals surface area contributed by atoms with Crippen LogP contribution in [0.4, 0.5) is 0 Å². The summed E-state index contributed by atoms with van der Waals surface area (Å²) in [7, 11) is 2.48. The molecule has 1 unspecified atom stereocenters. The Hall–Kier alpha value is -4.09. The number of nitrogens with zero attached hydrogens (tertiary/aromatic N) is 1. The molecule has 4 heterocycles. The van der Waals surface area contributed by atoms with Gasteiger partial charge < -0.3 is 33.7 Å². The molecule has 0 amide bonds. The number of hydrogen-bond donors (Lipinski definition) is 2. The van der Waals surface area contributed by atoms with Gasteiger partial charge in [-0.05, 0) is 17.7 Å². The average Bonchev–Trinajstić information content (AvgIpc) is 3.60. The fraction of sp³-hybridized carbons (Fsp3) is 0.292. The minimum Gasteiger partial charge on any atom is -0.506 e. The van der Waals surface area contributed by atoms with Crippen LogP contribution >= 0.6 is 0 Å². The third-order valence-electron chi connectivity index (χ3n) is 7.18. The fourth-order valence-corrected chi connectivity index (χ4v) is 5.65. The van der Waals surface area contributed by atoms with E-state index in [-0.39, 0.29) is 23.6 Å². The molecule has 3 aliphatic heterocycles. The highest BCUT2D eigenvalue weighted by Crippen LogP contribution is 2.56. The third kappa shape index (κ3) is 2.20. The standard InChI is InChI=1S/C24H17NO10/c1-31-18-12-8(7-25-15-9(12)4-3-5-10(15)22(29)35-25)6-11-13(18)16(26)14-17(27)19-20(33-19)21(28)24(14,34-11)23(30)32-2/h3-6,19-21,26,28H,7H2,1-2H3/t19-,20-,21-,24?/m0/s1. The molecule has 0 radical (unpaired) electrons. The first-order valence-electron chi connectivity index (χ1n) is 10.8. The van der Waals surface area contributed by atoms with Gasteiger partial charge in [0.2, 0.25) is 0 Å². The smallest absolute Gasteiger partial charge is 0.365 e. The summed E-state index contributed by atoms with van der Waals surface area (Å²) in [6.45, 7) is 0.135. The number of aromatic nitrogens is 1. The van der Waals surface area contributed by atoms with Crippen LogP contribution in [0, 0.1) is 0 Å². The Kier molecular flexibility index (Phi) is 3.66. The zero-order valence-corrected chi connectivity index (χ0v) is 18.4. The number of hydrogen-bond acceptors (Lipinski definition) is 10. The summed E-state index contributed by atoms with van der Waals surface area (Å²) in [6.07, 6.45) is -3.57. The van der Waals surface area contributed by atoms with E-state index in [0.717, 1.165) is 7.11 Å². The molecule has 2 aromatic carbocycles. The Morgan fingerprint density at radius 1 is 1.23 bits per heavy atom. The highest BCUT2D eigenvalue weighted by Gasteiger charge is 2.72. The van der Waals surface area contributed by atoms with Gasteiger partial charge in [-0.25, -0.2) is 14.3 Å². The molecule has 1 saturated heterocycles. The normalized spacial score (nSPS) is 27.4. The van der Waals surface area contributed by atoms with Gasteiger partial charge in [0.15, 0.2) is 5.78 Å². The van der Waals surface area contributed by atoms with E-state index in [1.54, 1.807) is 24.3 Å². The van der Waals surface area contributed by atoms with Crippen LogP contribution in [-0.2, 0) is 25.6 Å². The second-order valence-electron chi connectivity index (χ2n) is 8.82. The minimum absolute atomic E-state index is 0.0108. The summed E-state index contributed by atoms with van der Waals surface area (Å²) < 4.78 is 28.8. The van der Waals surface area contributed by atoms with Crippen LogP contribution in [0.2, 0.25) is 0 Å². The Morgan fingerprint density at radius 3 is 2.77 bits per heavy atom. The van der Waals surface area contributed by atoms with Crippen molar-refractivity contribution in [2.75, 3.05) is 14.2 Å². The molecule has 35 heavy (non-hydrogen) atoms. The van der Waals surface area contributed by atoms with Gasteiger partial charge in [-0.2, -0.15) is 0 Å². The predicted molar refractivity (Wildman–Crippen MR) is 116 cm³/mol. The topological polar surface area (TPSA) is 150 Å². The van der Waals surface area contributed by atoms with Crippen molar-refractivity contribution in [1.29, 1.82) is 0 Å². The van der Waals surface area contributed by atoms with Gasteiger partial charge in [-0.15, -0.1) is 0 Å². The number of para-hydroxylation sites is 1. The lowest BCUT2D eigenvalue weighted by Gasteiger charge is -2.42. The number of Topliss-reactive ketones (excluding diaryl/α,β-unsaturated/α-hetero) is 1. The fourth-order valence-electron chi connectivity index (χ4n) is 5.65. The van der Waals surface area contributed by atoms with Crippen LogP contribution in [-0.4, -0.2) is 64.8 Å². The molecule has 2 N–H and O–H groups in total. The van der Waals surface area contributed by atoms with Crippen molar-refractivity contribution >= 4 is 28.4 Å². The summed E-state index contributed by atoms with van der Waals surface area (Å²) in [5.74, 6) is -2.14. The van der Waals surface area contributed by atoms with Gasteiger partial charge in [0.05, 0.1) is 37.2 Å². The maximum Gasteiger partial charge on any atom is 0.365 e. The van der Waals surface area contributed by atoms with Crippen molar-refractivity contribution in [2.24, 2.45) is 0 Å². The van der Waals surface area contributed by atoms with Gasteiger partial charge >= 0.3 is 11.6 Å². The SMILES string of the molecule is COC(=O)C12Oc3cc4c(c(OC)c3C(O)=C1C(=O)[C@@H]1O[C@@H]1[C@@H]2O)-c1cccc2c(=O)on(c12)C4. The number of ketones is 1. The number of methoxy groups -OCH3 is 2. The molecular weight excluding hydrogens is 462 g/mol. The number of fused-ring (bicyclic) bond motifs is 5. The number of aliphatic hydroxyl groups excluding tert-OH is 2. The van der Waals surface area contributed by atoms with Gasteiger partial charge in [0.25, 0.3) is 5.60 Å². The molecular formula is C24H17NO10. The summed E-state index contributed by atoms with van der Waals surface area (Å²) >= 11 is 0. The van der Waals surface area contributed by atoms with Gasteiger partial charge in [0, 0.05) is 11.1 Å². The van der Waals surface area contributed by atoms with Gasteiger partial charge in [-0.3, -0.25) is 4.79 Å². The molecule has 178 valence electrons. The number of carbonyl (C=O) groups excluding carboxylic acids is 2. The number of esters is 1. The van der Waals surface area contributed by atoms with Gasteiger partial charge in [0.1, 0.15) is 41.1 Å². The molecule has 11 nitrogen and oxygen atoms in total. The van der Waals surface area contributed by atoms with E-state index < -0.39 is 52.6 Å². The molecule has 4 aliphatic rings. The Morgan fingerprint density at radius 2 is 2.03 bits per heavy atom. The predicted octanol–water partition coefficient (Wildman–Crippen LogP) is 0.916. The zero-order valence-electron chi connectivity index (χ0n) is 18.4. The lowest BCUT2D eigenvalue weighted by Crippen LogP contribution is -2.64. The number of rotatable bonds is 2. The maximum absolute atomic E-state index is 13.2. The highest BCUT2D eigenvalue weighted by atomic mass is 16.6. The number of carbonyl (C=O) groups is 2. The zero-order chi connectivity index (χ0) is 24.4. The Labute approximate surface area is 195 Å². The number of epoxide rings is 1. The van der Waals surface area contributed by atoms with Crippen molar-refractivity contribution in [3.8, 4) is 22.6 Å². The summed E-state index contributed by atoms with van der Waals surface area (Å²) in [5.41, 5.74) is -0.862. The second kappa shape index (κ2) is 6.32. The van der Waals surface area contributed by atoms with Crippen LogP contribution in [0.25, 0.3) is 27.8 Å². The van der Waals surface area contributed by atoms with E-state index in [0.29, 0.717) is 27.6 Å². The quantitative estimate of drug-likeness (QED) is 0.314. The molecule has 4 atom stereocenters. The van der Waals surface area contributed by atoms with E-state index in [9.17, 15) is 24.6 Å². The number of aliphatic hydroxyl groups is 2. The lowest BCUT2D eigenvalue weighted by molar-refractivity contribution is -0.168. The summed E-state index contributed by atoms with van der Waals surface area (Å²) in [5, 5.41) is 22.8. The number of benzene rings is 2. The molecule has 1 saturated carbocycles. The Bertz CT molecular complexity index is 1610. The monoisotopic (exact) mass is 479 g/mol. The summed E-state index contributed by atoms with van der Waals surface area (Å²) in [4.78, 5) is 38.5. The van der Waals surface area contributed by atoms with Crippen LogP contribution < -0.4 is 15.1 Å². The minimum atomic E-state index is -2.32. The maximum atomic E-state index is 13.2. The van der Waals surface area contributed by atoms with Crippen molar-refractivity contribution in [2.45, 2.75) is 30.5 Å². The molecule has 3 aromatic rings. The van der Waals surface area contributed by atoms with Crippen LogP contribution in [0.15, 0.2) is 39.2 Å². The third-order valence-corrected chi connectivity index (χ3v) is 7.18. The van der Waals surface area contributed by atoms with E-state index >= 15 is 0 Å². The lowest BCUT2D eigenvalue weighted by atomic mass is 9.73. The highest BCUT2D eigenvalue weighted by molar-refractivity contribution is 6.16. The van der Waals surface area contributed by atoms with E-state index in [1.165, 1.54) is 11.8 Å². The van der Waals surface area contributed by atoms with E-state index in [2.05, 4.69) is 0 Å². The second-order valence-corrected chi connectivity index (χ2v) is 8.82. The van der Waals surface area contributed by atoms with Crippen molar-refractivity contribution in [1.82, 2.24) is 4.74 Å². The van der Waals surface area contributed by atoms with Crippen LogP contribution in [0.5, 0.6) is 11.5 Å². The van der Waals surface area contributed by atoms with Gasteiger partial charge in [-0.1, -0.05) is 12.1 Å². The first kappa shape index (κ1) is 20.3. The largest absolute Gasteiger partial charge is 0.506 e. The van der Waals surface area contributed by atoms with E-state index in [1.807, 2.05) is 0 Å². The molecule has 0 bridgehead atoms. The molecule has 2 fully saturated rings. The molecule has 7 rings (SSSR count). The molecule has 0 spiro atoms. The van der Waals surface area contributed by atoms with Crippen LogP contribution in [0.3, 0.4) is 0 Å². The Balaban J connectivity index is 1.56. The van der Waals surface area contributed by atoms with E-state index in [4.69, 9.17) is 23.5 Å². The summed E-state index contributed by atoms with van der Waals surface area (Å²) in [6, 6.07) is 6.70. The number of ether oxygens (including phenoxy) is 4.